The van der Waals surface area contributed by atoms with Crippen LogP contribution in [0.2, 0.25) is 0 Å². The first-order chi connectivity index (χ1) is 11.1. The van der Waals surface area contributed by atoms with Gasteiger partial charge in [0.15, 0.2) is 0 Å². The first kappa shape index (κ1) is 15.4. The van der Waals surface area contributed by atoms with Gasteiger partial charge in [-0.3, -0.25) is 14.9 Å². The van der Waals surface area contributed by atoms with Crippen LogP contribution in [0.5, 0.6) is 0 Å². The highest BCUT2D eigenvalue weighted by molar-refractivity contribution is 7.09. The highest BCUT2D eigenvalue weighted by Gasteiger charge is 2.31. The van der Waals surface area contributed by atoms with Gasteiger partial charge in [0.05, 0.1) is 11.5 Å². The molecule has 1 saturated carbocycles. The molecule has 1 aromatic heterocycles. The summed E-state index contributed by atoms with van der Waals surface area (Å²) in [6, 6.07) is 10.6. The maximum Gasteiger partial charge on any atom is 0.270 e. The van der Waals surface area contributed by atoms with Crippen molar-refractivity contribution in [1.82, 2.24) is 4.90 Å². The Balaban J connectivity index is 1.71. The van der Waals surface area contributed by atoms with E-state index in [4.69, 9.17) is 0 Å². The Kier molecular flexibility index (Phi) is 4.52. The number of benzene rings is 1. The predicted molar refractivity (Wildman–Crippen MR) is 90.0 cm³/mol. The second-order valence-electron chi connectivity index (χ2n) is 5.46. The van der Waals surface area contributed by atoms with Gasteiger partial charge in [-0.2, -0.15) is 0 Å². The molecule has 5 nitrogen and oxygen atoms in total. The summed E-state index contributed by atoms with van der Waals surface area (Å²) in [5.41, 5.74) is 0.677. The Hall–Kier alpha value is -2.47. The van der Waals surface area contributed by atoms with E-state index in [-0.39, 0.29) is 11.6 Å². The first-order valence-corrected chi connectivity index (χ1v) is 8.27. The van der Waals surface area contributed by atoms with Gasteiger partial charge in [0.2, 0.25) is 5.91 Å². The number of nitro benzene ring substituents is 1. The Morgan fingerprint density at radius 3 is 2.83 bits per heavy atom. The van der Waals surface area contributed by atoms with E-state index in [2.05, 4.69) is 0 Å². The maximum absolute atomic E-state index is 12.5. The second-order valence-corrected chi connectivity index (χ2v) is 6.49. The Morgan fingerprint density at radius 1 is 1.35 bits per heavy atom. The van der Waals surface area contributed by atoms with Crippen molar-refractivity contribution >= 4 is 29.0 Å². The van der Waals surface area contributed by atoms with Gasteiger partial charge in [-0.1, -0.05) is 18.2 Å². The molecule has 1 heterocycles. The number of hydrogen-bond acceptors (Lipinski definition) is 4. The number of hydrogen-bond donors (Lipinski definition) is 0. The number of rotatable bonds is 6. The van der Waals surface area contributed by atoms with E-state index in [0.29, 0.717) is 18.2 Å². The lowest BCUT2D eigenvalue weighted by Crippen LogP contribution is -2.30. The highest BCUT2D eigenvalue weighted by atomic mass is 32.1. The summed E-state index contributed by atoms with van der Waals surface area (Å²) in [5.74, 6) is -0.0487. The normalized spacial score (nSPS) is 14.1. The number of nitro groups is 1. The molecule has 0 N–H and O–H groups in total. The van der Waals surface area contributed by atoms with Crippen LogP contribution in [0.1, 0.15) is 23.3 Å². The van der Waals surface area contributed by atoms with Crippen molar-refractivity contribution in [2.24, 2.45) is 0 Å². The maximum atomic E-state index is 12.5. The molecule has 118 valence electrons. The molecule has 1 fully saturated rings. The highest BCUT2D eigenvalue weighted by Crippen LogP contribution is 2.29. The molecular formula is C17H16N2O3S. The van der Waals surface area contributed by atoms with E-state index in [1.165, 1.54) is 18.2 Å². The third kappa shape index (κ3) is 4.04. The number of thiophene rings is 1. The minimum atomic E-state index is -0.438. The molecule has 1 aliphatic carbocycles. The molecule has 0 saturated heterocycles. The van der Waals surface area contributed by atoms with Crippen molar-refractivity contribution in [1.29, 1.82) is 0 Å². The van der Waals surface area contributed by atoms with Gasteiger partial charge in [0.25, 0.3) is 5.69 Å². The second kappa shape index (κ2) is 6.75. The number of nitrogens with zero attached hydrogens (tertiary/aromatic N) is 2. The summed E-state index contributed by atoms with van der Waals surface area (Å²) < 4.78 is 0. The minimum Gasteiger partial charge on any atom is -0.331 e. The molecule has 0 radical (unpaired) electrons. The number of carbonyl (C=O) groups is 1. The lowest BCUT2D eigenvalue weighted by Gasteiger charge is -2.19. The van der Waals surface area contributed by atoms with Gasteiger partial charge < -0.3 is 4.90 Å². The largest absolute Gasteiger partial charge is 0.331 e. The zero-order chi connectivity index (χ0) is 16.2. The van der Waals surface area contributed by atoms with Crippen molar-refractivity contribution in [2.75, 3.05) is 0 Å². The fourth-order valence-corrected chi connectivity index (χ4v) is 3.05. The molecule has 0 spiro atoms. The van der Waals surface area contributed by atoms with Gasteiger partial charge in [0.1, 0.15) is 0 Å². The van der Waals surface area contributed by atoms with Crippen molar-refractivity contribution in [3.63, 3.8) is 0 Å². The monoisotopic (exact) mass is 328 g/mol. The molecule has 1 aromatic carbocycles. The minimum absolute atomic E-state index is 0.0252. The third-order valence-corrected chi connectivity index (χ3v) is 4.54. The quantitative estimate of drug-likeness (QED) is 0.459. The lowest BCUT2D eigenvalue weighted by atomic mass is 10.2. The average Bonchev–Trinajstić information content (AvgIpc) is 3.26. The van der Waals surface area contributed by atoms with E-state index >= 15 is 0 Å². The first-order valence-electron chi connectivity index (χ1n) is 7.39. The van der Waals surface area contributed by atoms with E-state index in [0.717, 1.165) is 17.7 Å². The fourth-order valence-electron chi connectivity index (χ4n) is 2.35. The summed E-state index contributed by atoms with van der Waals surface area (Å²) in [7, 11) is 0. The molecular weight excluding hydrogens is 312 g/mol. The van der Waals surface area contributed by atoms with Crippen LogP contribution >= 0.6 is 11.3 Å². The van der Waals surface area contributed by atoms with E-state index in [1.54, 1.807) is 29.5 Å². The Morgan fingerprint density at radius 2 is 2.17 bits per heavy atom. The fraction of sp³-hybridized carbons (Fsp3) is 0.235. The molecule has 0 atom stereocenters. The van der Waals surface area contributed by atoms with Gasteiger partial charge in [0, 0.05) is 29.1 Å². The van der Waals surface area contributed by atoms with Crippen LogP contribution in [-0.4, -0.2) is 21.8 Å². The molecule has 3 rings (SSSR count). The summed E-state index contributed by atoms with van der Waals surface area (Å²) in [4.78, 5) is 25.8. The lowest BCUT2D eigenvalue weighted by molar-refractivity contribution is -0.384. The number of carbonyl (C=O) groups excluding carboxylic acids is 1. The summed E-state index contributed by atoms with van der Waals surface area (Å²) in [6.45, 7) is 0.625. The smallest absolute Gasteiger partial charge is 0.270 e. The van der Waals surface area contributed by atoms with Gasteiger partial charge in [-0.05, 0) is 35.9 Å². The van der Waals surface area contributed by atoms with Gasteiger partial charge in [-0.25, -0.2) is 0 Å². The predicted octanol–water partition coefficient (Wildman–Crippen LogP) is 3.86. The molecule has 23 heavy (non-hydrogen) atoms. The van der Waals surface area contributed by atoms with E-state index in [9.17, 15) is 14.9 Å². The molecule has 1 amide bonds. The van der Waals surface area contributed by atoms with Gasteiger partial charge >= 0.3 is 0 Å². The van der Waals surface area contributed by atoms with Crippen LogP contribution in [0.3, 0.4) is 0 Å². The van der Waals surface area contributed by atoms with E-state index < -0.39 is 4.92 Å². The Bertz CT molecular complexity index is 736. The third-order valence-electron chi connectivity index (χ3n) is 3.68. The van der Waals surface area contributed by atoms with Crippen molar-refractivity contribution in [2.45, 2.75) is 25.4 Å². The topological polar surface area (TPSA) is 63.4 Å². The number of amides is 1. The van der Waals surface area contributed by atoms with Crippen molar-refractivity contribution in [3.8, 4) is 0 Å². The molecule has 0 aliphatic heterocycles. The van der Waals surface area contributed by atoms with Crippen LogP contribution in [0.4, 0.5) is 5.69 Å². The zero-order valence-electron chi connectivity index (χ0n) is 12.4. The van der Waals surface area contributed by atoms with Crippen LogP contribution in [-0.2, 0) is 11.3 Å². The average molecular weight is 328 g/mol. The molecule has 2 aromatic rings. The van der Waals surface area contributed by atoms with Crippen LogP contribution < -0.4 is 0 Å². The molecule has 1 aliphatic rings. The SMILES string of the molecule is O=C(/C=C/c1cccc([N+](=O)[O-])c1)N(Cc1cccs1)C1CC1. The van der Waals surface area contributed by atoms with E-state index in [1.807, 2.05) is 22.4 Å². The summed E-state index contributed by atoms with van der Waals surface area (Å²) in [5, 5.41) is 12.8. The molecule has 0 bridgehead atoms. The van der Waals surface area contributed by atoms with Crippen LogP contribution in [0.15, 0.2) is 47.9 Å². The Labute approximate surface area is 138 Å². The summed E-state index contributed by atoms with van der Waals surface area (Å²) in [6.07, 6.45) is 5.23. The molecule has 6 heteroatoms. The van der Waals surface area contributed by atoms with Crippen molar-refractivity contribution < 1.29 is 9.72 Å². The van der Waals surface area contributed by atoms with Crippen molar-refractivity contribution in [3.05, 3.63) is 68.4 Å². The summed E-state index contributed by atoms with van der Waals surface area (Å²) >= 11 is 1.64. The van der Waals surface area contributed by atoms with Gasteiger partial charge in [-0.15, -0.1) is 11.3 Å². The van der Waals surface area contributed by atoms with Crippen LogP contribution in [0.25, 0.3) is 6.08 Å². The standard InChI is InChI=1S/C17H16N2O3S/c20-17(9-6-13-3-1-4-15(11-13)19(21)22)18(14-7-8-14)12-16-5-2-10-23-16/h1-6,9-11,14H,7-8,12H2/b9-6+. The molecule has 0 unspecified atom stereocenters. The number of non-ortho nitro benzene ring substituents is 1. The van der Waals surface area contributed by atoms with Crippen LogP contribution in [0, 0.1) is 10.1 Å². The zero-order valence-corrected chi connectivity index (χ0v) is 13.2.